The lowest BCUT2D eigenvalue weighted by molar-refractivity contribution is -0.138. The quantitative estimate of drug-likeness (QED) is 0.406. The van der Waals surface area contributed by atoms with Gasteiger partial charge in [0.05, 0.1) is 33.9 Å². The third-order valence-corrected chi connectivity index (χ3v) is 5.70. The number of aromatic nitrogens is 4. The van der Waals surface area contributed by atoms with E-state index in [9.17, 15) is 22.4 Å². The molecule has 0 saturated carbocycles. The molecular weight excluding hydrogens is 478 g/mol. The Morgan fingerprint density at radius 2 is 1.97 bits per heavy atom. The molecule has 3 aromatic rings. The Morgan fingerprint density at radius 3 is 2.62 bits per heavy atom. The number of piperidine rings is 1. The molecule has 180 valence electrons. The van der Waals surface area contributed by atoms with Gasteiger partial charge in [-0.25, -0.2) is 19.3 Å². The first kappa shape index (κ1) is 23.7. The van der Waals surface area contributed by atoms with E-state index < -0.39 is 29.9 Å². The molecule has 0 spiro atoms. The number of fused-ring (bicyclic) bond motifs is 1. The van der Waals surface area contributed by atoms with Gasteiger partial charge >= 0.3 is 6.18 Å². The molecule has 2 aromatic heterocycles. The van der Waals surface area contributed by atoms with Crippen LogP contribution >= 0.6 is 11.6 Å². The number of amides is 1. The maximum atomic E-state index is 14.6. The van der Waals surface area contributed by atoms with E-state index in [1.54, 1.807) is 28.6 Å². The third kappa shape index (κ3) is 4.91. The number of aryl methyl sites for hydroxylation is 1. The molecule has 1 saturated heterocycles. The summed E-state index contributed by atoms with van der Waals surface area (Å²) in [5.74, 6) is 0.0281. The van der Waals surface area contributed by atoms with Crippen molar-refractivity contribution in [2.24, 2.45) is 7.05 Å². The van der Waals surface area contributed by atoms with Gasteiger partial charge in [-0.3, -0.25) is 4.79 Å². The van der Waals surface area contributed by atoms with Crippen LogP contribution < -0.4 is 15.5 Å². The number of nitrogens with one attached hydrogen (secondary N) is 2. The Bertz CT molecular complexity index is 1230. The molecule has 0 unspecified atom stereocenters. The number of rotatable bonds is 5. The molecule has 4 rings (SSSR count). The van der Waals surface area contributed by atoms with E-state index >= 15 is 0 Å². The number of hydrogen-bond acceptors (Lipinski definition) is 6. The Kier molecular flexibility index (Phi) is 6.34. The summed E-state index contributed by atoms with van der Waals surface area (Å²) in [6, 6.07) is 2.80. The van der Waals surface area contributed by atoms with Crippen molar-refractivity contribution in [3.63, 3.8) is 0 Å². The molecule has 2 N–H and O–H groups in total. The van der Waals surface area contributed by atoms with Gasteiger partial charge in [0.15, 0.2) is 0 Å². The van der Waals surface area contributed by atoms with Crippen LogP contribution in [0.25, 0.3) is 11.0 Å². The minimum absolute atomic E-state index is 0.0218. The Hall–Kier alpha value is -3.41. The number of nitrogens with zero attached hydrogens (tertiary/aromatic N) is 5. The summed E-state index contributed by atoms with van der Waals surface area (Å²) < 4.78 is 54.5. The van der Waals surface area contributed by atoms with Gasteiger partial charge in [-0.15, -0.1) is 0 Å². The lowest BCUT2D eigenvalue weighted by Crippen LogP contribution is -2.48. The molecule has 1 aliphatic rings. The first-order valence-corrected chi connectivity index (χ1v) is 10.6. The number of imidazole rings is 1. The van der Waals surface area contributed by atoms with Crippen LogP contribution in [0.3, 0.4) is 0 Å². The van der Waals surface area contributed by atoms with Crippen molar-refractivity contribution in [1.29, 1.82) is 0 Å². The first-order valence-electron chi connectivity index (χ1n) is 10.2. The topological polar surface area (TPSA) is 88.0 Å². The molecule has 3 heterocycles. The highest BCUT2D eigenvalue weighted by atomic mass is 35.5. The average molecular weight is 498 g/mol. The maximum Gasteiger partial charge on any atom is 0.419 e. The van der Waals surface area contributed by atoms with Crippen molar-refractivity contribution in [3.8, 4) is 0 Å². The van der Waals surface area contributed by atoms with Crippen LogP contribution in [0, 0.1) is 0 Å². The average Bonchev–Trinajstić information content (AvgIpc) is 3.08. The van der Waals surface area contributed by atoms with Crippen LogP contribution in [0.5, 0.6) is 0 Å². The van der Waals surface area contributed by atoms with Crippen molar-refractivity contribution < 1.29 is 22.4 Å². The number of carbonyl (C=O) groups is 1. The standard InChI is InChI=1S/C21H20ClF4N7O/c1-3-18(34)30-15-6-16-17(5-14(15)22)32(2)20(31-16)33-9-12(23)4-13(10-33)29-19-27-7-11(8-28-19)21(24,25)26/h3,5-8,12-13H,1,4,9-10H2,2H3,(H,30,34)(H,27,28,29)/t12-,13-/m1/s1. The zero-order valence-electron chi connectivity index (χ0n) is 17.9. The van der Waals surface area contributed by atoms with Crippen LogP contribution in [0.4, 0.5) is 35.1 Å². The lowest BCUT2D eigenvalue weighted by atomic mass is 10.0. The summed E-state index contributed by atoms with van der Waals surface area (Å²) >= 11 is 6.29. The van der Waals surface area contributed by atoms with Gasteiger partial charge in [0.2, 0.25) is 17.8 Å². The Morgan fingerprint density at radius 1 is 1.26 bits per heavy atom. The van der Waals surface area contributed by atoms with Crippen LogP contribution in [0.15, 0.2) is 37.2 Å². The molecule has 0 bridgehead atoms. The number of alkyl halides is 4. The fourth-order valence-corrected chi connectivity index (χ4v) is 4.00. The summed E-state index contributed by atoms with van der Waals surface area (Å²) in [5.41, 5.74) is 0.615. The maximum absolute atomic E-state index is 14.6. The summed E-state index contributed by atoms with van der Waals surface area (Å²) in [6.45, 7) is 3.80. The highest BCUT2D eigenvalue weighted by Crippen LogP contribution is 2.32. The molecule has 8 nitrogen and oxygen atoms in total. The molecule has 0 radical (unpaired) electrons. The zero-order chi connectivity index (χ0) is 24.6. The molecule has 0 aliphatic carbocycles. The number of carbonyl (C=O) groups excluding carboxylic acids is 1. The second-order valence-electron chi connectivity index (χ2n) is 7.86. The van der Waals surface area contributed by atoms with Crippen molar-refractivity contribution in [1.82, 2.24) is 19.5 Å². The Balaban J connectivity index is 1.56. The van der Waals surface area contributed by atoms with Crippen molar-refractivity contribution >= 4 is 46.1 Å². The summed E-state index contributed by atoms with van der Waals surface area (Å²) in [6.07, 6.45) is -3.14. The van der Waals surface area contributed by atoms with Gasteiger partial charge in [0.1, 0.15) is 6.17 Å². The first-order chi connectivity index (χ1) is 16.0. The monoisotopic (exact) mass is 497 g/mol. The zero-order valence-corrected chi connectivity index (χ0v) is 18.7. The van der Waals surface area contributed by atoms with E-state index in [1.165, 1.54) is 0 Å². The molecule has 13 heteroatoms. The molecule has 1 aromatic carbocycles. The van der Waals surface area contributed by atoms with Crippen LogP contribution in [0.2, 0.25) is 5.02 Å². The van der Waals surface area contributed by atoms with Crippen LogP contribution in [-0.2, 0) is 18.0 Å². The van der Waals surface area contributed by atoms with Gasteiger partial charge < -0.3 is 20.1 Å². The molecule has 2 atom stereocenters. The van der Waals surface area contributed by atoms with Crippen molar-refractivity contribution in [3.05, 3.63) is 47.8 Å². The van der Waals surface area contributed by atoms with E-state index in [0.717, 1.165) is 6.08 Å². The minimum atomic E-state index is -4.54. The van der Waals surface area contributed by atoms with Crippen LogP contribution in [0.1, 0.15) is 12.0 Å². The van der Waals surface area contributed by atoms with Gasteiger partial charge in [0, 0.05) is 38.4 Å². The predicted octanol–water partition coefficient (Wildman–Crippen LogP) is 4.19. The molecule has 1 fully saturated rings. The SMILES string of the molecule is C=CC(=O)Nc1cc2nc(N3C[C@H](F)C[C@@H](Nc4ncc(C(F)(F)F)cn4)C3)n(C)c2cc1Cl. The van der Waals surface area contributed by atoms with Crippen molar-refractivity contribution in [2.45, 2.75) is 24.8 Å². The molecular formula is C21H20ClF4N7O. The largest absolute Gasteiger partial charge is 0.419 e. The summed E-state index contributed by atoms with van der Waals surface area (Å²) in [7, 11) is 1.76. The molecule has 1 aliphatic heterocycles. The highest BCUT2D eigenvalue weighted by molar-refractivity contribution is 6.34. The van der Waals surface area contributed by atoms with E-state index in [-0.39, 0.29) is 18.9 Å². The van der Waals surface area contributed by atoms with Gasteiger partial charge in [-0.1, -0.05) is 18.2 Å². The second-order valence-corrected chi connectivity index (χ2v) is 8.26. The normalized spacial score (nSPS) is 18.7. The van der Waals surface area contributed by atoms with E-state index in [4.69, 9.17) is 11.6 Å². The van der Waals surface area contributed by atoms with Gasteiger partial charge in [0.25, 0.3) is 0 Å². The van der Waals surface area contributed by atoms with E-state index in [0.29, 0.717) is 46.6 Å². The summed E-state index contributed by atoms with van der Waals surface area (Å²) in [5, 5.41) is 5.82. The van der Waals surface area contributed by atoms with Gasteiger partial charge in [-0.2, -0.15) is 13.2 Å². The van der Waals surface area contributed by atoms with E-state index in [2.05, 4.69) is 32.2 Å². The fourth-order valence-electron chi connectivity index (χ4n) is 3.80. The predicted molar refractivity (Wildman–Crippen MR) is 121 cm³/mol. The number of benzene rings is 1. The third-order valence-electron chi connectivity index (χ3n) is 5.38. The lowest BCUT2D eigenvalue weighted by Gasteiger charge is -2.35. The second kappa shape index (κ2) is 9.09. The minimum Gasteiger partial charge on any atom is -0.350 e. The van der Waals surface area contributed by atoms with E-state index in [1.807, 2.05) is 0 Å². The number of anilines is 3. The summed E-state index contributed by atoms with van der Waals surface area (Å²) in [4.78, 5) is 25.4. The molecule has 1 amide bonds. The number of hydrogen-bond donors (Lipinski definition) is 2. The fraction of sp³-hybridized carbons (Fsp3) is 0.333. The Labute approximate surface area is 196 Å². The van der Waals surface area contributed by atoms with Crippen molar-refractivity contribution in [2.75, 3.05) is 28.6 Å². The number of halogens is 5. The van der Waals surface area contributed by atoms with Crippen LogP contribution in [-0.4, -0.2) is 50.7 Å². The smallest absolute Gasteiger partial charge is 0.350 e. The highest BCUT2D eigenvalue weighted by Gasteiger charge is 2.33. The van der Waals surface area contributed by atoms with Gasteiger partial charge in [-0.05, 0) is 18.2 Å². The molecule has 34 heavy (non-hydrogen) atoms.